The Labute approximate surface area is 72.5 Å². The molecule has 1 heteroatoms. The van der Waals surface area contributed by atoms with Gasteiger partial charge in [0.05, 0.1) is 0 Å². The zero-order chi connectivity index (χ0) is 7.56. The molecule has 3 atom stereocenters. The summed E-state index contributed by atoms with van der Waals surface area (Å²) < 4.78 is 0. The topological polar surface area (TPSA) is 0 Å². The normalized spacial score (nSPS) is 41.7. The van der Waals surface area contributed by atoms with E-state index in [0.717, 1.165) is 17.8 Å². The van der Waals surface area contributed by atoms with Crippen LogP contribution in [0.1, 0.15) is 33.1 Å². The molecule has 1 aliphatic rings. The number of halogens is 1. The van der Waals surface area contributed by atoms with Gasteiger partial charge in [-0.2, -0.15) is 0 Å². The minimum atomic E-state index is 0.948. The van der Waals surface area contributed by atoms with E-state index in [0.29, 0.717) is 0 Å². The zero-order valence-electron chi connectivity index (χ0n) is 6.94. The summed E-state index contributed by atoms with van der Waals surface area (Å²) in [6, 6.07) is 0. The van der Waals surface area contributed by atoms with Gasteiger partial charge in [0, 0.05) is 5.33 Å². The lowest BCUT2D eigenvalue weighted by molar-refractivity contribution is 0.225. The van der Waals surface area contributed by atoms with Gasteiger partial charge >= 0.3 is 0 Å². The van der Waals surface area contributed by atoms with E-state index in [1.54, 1.807) is 0 Å². The summed E-state index contributed by atoms with van der Waals surface area (Å²) >= 11 is 3.58. The lowest BCUT2D eigenvalue weighted by atomic mass is 9.77. The van der Waals surface area contributed by atoms with Crippen molar-refractivity contribution in [3.05, 3.63) is 0 Å². The van der Waals surface area contributed by atoms with Crippen LogP contribution in [0, 0.1) is 17.8 Å². The van der Waals surface area contributed by atoms with Crippen molar-refractivity contribution in [1.29, 1.82) is 0 Å². The Bertz CT molecular complexity index is 101. The summed E-state index contributed by atoms with van der Waals surface area (Å²) in [6.07, 6.45) is 4.33. The maximum Gasteiger partial charge on any atom is 0.00623 e. The summed E-state index contributed by atoms with van der Waals surface area (Å²) in [4.78, 5) is 0. The van der Waals surface area contributed by atoms with Gasteiger partial charge < -0.3 is 0 Å². The molecule has 0 radical (unpaired) electrons. The van der Waals surface area contributed by atoms with Crippen LogP contribution in [-0.4, -0.2) is 5.33 Å². The lowest BCUT2D eigenvalue weighted by Gasteiger charge is -2.31. The standard InChI is InChI=1S/C9H17Br/c1-7-3-4-8(2)9(5-7)6-10/h7-9H,3-6H2,1-2H3. The SMILES string of the molecule is CC1CCC(C)C(CBr)C1. The van der Waals surface area contributed by atoms with Crippen molar-refractivity contribution in [1.82, 2.24) is 0 Å². The molecule has 0 aromatic rings. The maximum absolute atomic E-state index is 3.58. The van der Waals surface area contributed by atoms with Crippen LogP contribution >= 0.6 is 15.9 Å². The molecule has 0 amide bonds. The fourth-order valence-electron chi connectivity index (χ4n) is 1.87. The van der Waals surface area contributed by atoms with Gasteiger partial charge in [0.1, 0.15) is 0 Å². The van der Waals surface area contributed by atoms with E-state index in [4.69, 9.17) is 0 Å². The van der Waals surface area contributed by atoms with E-state index in [9.17, 15) is 0 Å². The Morgan fingerprint density at radius 2 is 2.00 bits per heavy atom. The minimum Gasteiger partial charge on any atom is -0.0925 e. The summed E-state index contributed by atoms with van der Waals surface area (Å²) in [7, 11) is 0. The predicted octanol–water partition coefficient (Wildman–Crippen LogP) is 3.45. The number of hydrogen-bond donors (Lipinski definition) is 0. The van der Waals surface area contributed by atoms with Gasteiger partial charge in [-0.15, -0.1) is 0 Å². The fourth-order valence-corrected chi connectivity index (χ4v) is 2.77. The van der Waals surface area contributed by atoms with Crippen LogP contribution in [0.5, 0.6) is 0 Å². The second kappa shape index (κ2) is 3.75. The van der Waals surface area contributed by atoms with Crippen molar-refractivity contribution in [2.45, 2.75) is 33.1 Å². The van der Waals surface area contributed by atoms with Crippen LogP contribution in [0.25, 0.3) is 0 Å². The maximum atomic E-state index is 3.58. The van der Waals surface area contributed by atoms with Crippen molar-refractivity contribution in [2.75, 3.05) is 5.33 Å². The highest BCUT2D eigenvalue weighted by molar-refractivity contribution is 9.09. The molecule has 1 rings (SSSR count). The lowest BCUT2D eigenvalue weighted by Crippen LogP contribution is -2.22. The number of hydrogen-bond acceptors (Lipinski definition) is 0. The first-order chi connectivity index (χ1) is 4.74. The Hall–Kier alpha value is 0.480. The highest BCUT2D eigenvalue weighted by atomic mass is 79.9. The van der Waals surface area contributed by atoms with Crippen LogP contribution in [0.3, 0.4) is 0 Å². The molecule has 0 aromatic heterocycles. The summed E-state index contributed by atoms with van der Waals surface area (Å²) in [6.45, 7) is 4.76. The Morgan fingerprint density at radius 1 is 1.30 bits per heavy atom. The molecule has 0 spiro atoms. The third kappa shape index (κ3) is 1.98. The largest absolute Gasteiger partial charge is 0.0925 e. The van der Waals surface area contributed by atoms with Crippen LogP contribution in [0.4, 0.5) is 0 Å². The van der Waals surface area contributed by atoms with Crippen LogP contribution in [-0.2, 0) is 0 Å². The monoisotopic (exact) mass is 204 g/mol. The molecule has 3 unspecified atom stereocenters. The van der Waals surface area contributed by atoms with Crippen molar-refractivity contribution in [3.8, 4) is 0 Å². The molecule has 0 aromatic carbocycles. The molecule has 60 valence electrons. The average Bonchev–Trinajstić information content (AvgIpc) is 1.94. The first-order valence-electron chi connectivity index (χ1n) is 4.30. The third-order valence-electron chi connectivity index (χ3n) is 2.82. The fraction of sp³-hybridized carbons (Fsp3) is 1.00. The molecule has 1 aliphatic carbocycles. The Balaban J connectivity index is 2.38. The van der Waals surface area contributed by atoms with E-state index in [1.807, 2.05) is 0 Å². The molecule has 1 fully saturated rings. The predicted molar refractivity (Wildman–Crippen MR) is 49.5 cm³/mol. The highest BCUT2D eigenvalue weighted by Gasteiger charge is 2.23. The average molecular weight is 205 g/mol. The molecule has 0 aliphatic heterocycles. The van der Waals surface area contributed by atoms with Crippen molar-refractivity contribution < 1.29 is 0 Å². The molecule has 0 saturated heterocycles. The molecular formula is C9H17Br. The van der Waals surface area contributed by atoms with Crippen LogP contribution in [0.2, 0.25) is 0 Å². The highest BCUT2D eigenvalue weighted by Crippen LogP contribution is 2.34. The van der Waals surface area contributed by atoms with E-state index in [-0.39, 0.29) is 0 Å². The quantitative estimate of drug-likeness (QED) is 0.575. The van der Waals surface area contributed by atoms with E-state index in [2.05, 4.69) is 29.8 Å². The molecular weight excluding hydrogens is 188 g/mol. The van der Waals surface area contributed by atoms with E-state index < -0.39 is 0 Å². The van der Waals surface area contributed by atoms with Crippen molar-refractivity contribution in [3.63, 3.8) is 0 Å². The minimum absolute atomic E-state index is 0.948. The third-order valence-corrected chi connectivity index (χ3v) is 3.65. The van der Waals surface area contributed by atoms with Gasteiger partial charge in [-0.05, 0) is 24.2 Å². The molecule has 1 saturated carbocycles. The second-order valence-electron chi connectivity index (χ2n) is 3.81. The van der Waals surface area contributed by atoms with Gasteiger partial charge in [0.15, 0.2) is 0 Å². The van der Waals surface area contributed by atoms with Crippen LogP contribution < -0.4 is 0 Å². The zero-order valence-corrected chi connectivity index (χ0v) is 8.52. The first-order valence-corrected chi connectivity index (χ1v) is 5.42. The Kier molecular flexibility index (Phi) is 3.22. The molecule has 0 N–H and O–H groups in total. The van der Waals surface area contributed by atoms with Crippen molar-refractivity contribution in [2.24, 2.45) is 17.8 Å². The van der Waals surface area contributed by atoms with Gasteiger partial charge in [0.25, 0.3) is 0 Å². The second-order valence-corrected chi connectivity index (χ2v) is 4.46. The van der Waals surface area contributed by atoms with Gasteiger partial charge in [-0.1, -0.05) is 42.6 Å². The molecule has 0 nitrogen and oxygen atoms in total. The van der Waals surface area contributed by atoms with Gasteiger partial charge in [-0.25, -0.2) is 0 Å². The van der Waals surface area contributed by atoms with Crippen molar-refractivity contribution >= 4 is 15.9 Å². The van der Waals surface area contributed by atoms with Gasteiger partial charge in [0.2, 0.25) is 0 Å². The summed E-state index contributed by atoms with van der Waals surface area (Å²) in [5.74, 6) is 2.87. The van der Waals surface area contributed by atoms with Gasteiger partial charge in [-0.3, -0.25) is 0 Å². The number of alkyl halides is 1. The smallest absolute Gasteiger partial charge is 0.00623 e. The first kappa shape index (κ1) is 8.58. The molecule has 10 heavy (non-hydrogen) atoms. The summed E-state index contributed by atoms with van der Waals surface area (Å²) in [5, 5.41) is 1.21. The summed E-state index contributed by atoms with van der Waals surface area (Å²) in [5.41, 5.74) is 0. The van der Waals surface area contributed by atoms with E-state index >= 15 is 0 Å². The van der Waals surface area contributed by atoms with Crippen LogP contribution in [0.15, 0.2) is 0 Å². The molecule has 0 bridgehead atoms. The molecule has 0 heterocycles. The Morgan fingerprint density at radius 3 is 2.50 bits per heavy atom. The van der Waals surface area contributed by atoms with E-state index in [1.165, 1.54) is 24.6 Å². The number of rotatable bonds is 1.